The number of carboxylic acid groups (broad SMARTS) is 1. The number of hydrogen-bond donors (Lipinski definition) is 3. The van der Waals surface area contributed by atoms with Gasteiger partial charge in [-0.15, -0.1) is 0 Å². The van der Waals surface area contributed by atoms with Crippen molar-refractivity contribution in [1.82, 2.24) is 0 Å². The molecule has 0 heterocycles. The fourth-order valence-electron chi connectivity index (χ4n) is 1.16. The van der Waals surface area contributed by atoms with Crippen LogP contribution in [-0.4, -0.2) is 21.8 Å². The second kappa shape index (κ2) is 5.11. The van der Waals surface area contributed by atoms with E-state index in [9.17, 15) is 9.90 Å². The van der Waals surface area contributed by atoms with Crippen LogP contribution in [0.2, 0.25) is 0 Å². The Morgan fingerprint density at radius 2 is 1.87 bits per heavy atom. The maximum atomic E-state index is 10.7. The Balaban J connectivity index is 0.00000196. The Labute approximate surface area is 94.1 Å². The minimum atomic E-state index is -1.83. The minimum Gasteiger partial charge on any atom is -1.00 e. The molecule has 0 fully saturated rings. The number of carbonyl (C=O) groups is 1. The number of hydrogen-bond acceptors (Lipinski definition) is 2. The molecule has 5 N–H and O–H groups in total. The van der Waals surface area contributed by atoms with Crippen molar-refractivity contribution in [2.45, 2.75) is 18.6 Å². The molecule has 0 aliphatic heterocycles. The molecule has 0 amide bonds. The maximum absolute atomic E-state index is 10.7. The standard InChI is InChI=1S/C10H13NO3.ClH/c1-10(14,9(12)13)8(11)7-5-3-2-4-6-7;/h2-6,8,14H,11H2,1H3,(H,12,13);1H/t8-,10+;/m0./s1. The third-order valence-electron chi connectivity index (χ3n) is 2.31. The third kappa shape index (κ3) is 2.92. The second-order valence-corrected chi connectivity index (χ2v) is 3.42. The first kappa shape index (κ1) is 13.9. The van der Waals surface area contributed by atoms with Crippen LogP contribution in [0.1, 0.15) is 18.5 Å². The minimum absolute atomic E-state index is 0. The van der Waals surface area contributed by atoms with Crippen molar-refractivity contribution in [1.29, 1.82) is 0 Å². The van der Waals surface area contributed by atoms with Crippen LogP contribution < -0.4 is 18.1 Å². The SMILES string of the molecule is C[C@](O)(C(=O)O)[C@@H]([NH3+])c1ccccc1.[Cl-]. The van der Waals surface area contributed by atoms with Crippen molar-refractivity contribution in [2.24, 2.45) is 0 Å². The predicted octanol–water partition coefficient (Wildman–Crippen LogP) is -3.19. The molecule has 5 heteroatoms. The highest BCUT2D eigenvalue weighted by Gasteiger charge is 2.41. The van der Waals surface area contributed by atoms with Crippen molar-refractivity contribution in [2.75, 3.05) is 0 Å². The van der Waals surface area contributed by atoms with Gasteiger partial charge in [-0.3, -0.25) is 0 Å². The Hall–Kier alpha value is -1.10. The number of halogens is 1. The van der Waals surface area contributed by atoms with Crippen LogP contribution in [0.25, 0.3) is 0 Å². The zero-order valence-corrected chi connectivity index (χ0v) is 9.11. The van der Waals surface area contributed by atoms with E-state index in [0.29, 0.717) is 5.56 Å². The van der Waals surface area contributed by atoms with Crippen LogP contribution in [-0.2, 0) is 4.79 Å². The molecule has 0 saturated carbocycles. The molecule has 0 bridgehead atoms. The molecular weight excluding hydrogens is 218 g/mol. The smallest absolute Gasteiger partial charge is 0.342 e. The maximum Gasteiger partial charge on any atom is 0.342 e. The van der Waals surface area contributed by atoms with Crippen LogP contribution in [0, 0.1) is 0 Å². The van der Waals surface area contributed by atoms with Gasteiger partial charge in [0.1, 0.15) is 6.04 Å². The van der Waals surface area contributed by atoms with E-state index in [1.165, 1.54) is 6.92 Å². The van der Waals surface area contributed by atoms with Crippen LogP contribution in [0.4, 0.5) is 0 Å². The van der Waals surface area contributed by atoms with Gasteiger partial charge in [0, 0.05) is 5.56 Å². The Bertz CT molecular complexity index is 327. The first-order valence-electron chi connectivity index (χ1n) is 4.30. The molecule has 0 aliphatic rings. The van der Waals surface area contributed by atoms with E-state index in [4.69, 9.17) is 5.11 Å². The van der Waals surface area contributed by atoms with Crippen molar-refractivity contribution < 1.29 is 33.1 Å². The number of rotatable bonds is 3. The van der Waals surface area contributed by atoms with Crippen molar-refractivity contribution >= 4 is 5.97 Å². The van der Waals surface area contributed by atoms with Crippen LogP contribution >= 0.6 is 0 Å². The predicted molar refractivity (Wildman–Crippen MR) is 50.3 cm³/mol. The summed E-state index contributed by atoms with van der Waals surface area (Å²) >= 11 is 0. The molecule has 1 aromatic rings. The van der Waals surface area contributed by atoms with Gasteiger partial charge >= 0.3 is 5.97 Å². The lowest BCUT2D eigenvalue weighted by molar-refractivity contribution is -0.454. The molecule has 1 rings (SSSR count). The molecule has 1 aromatic carbocycles. The Morgan fingerprint density at radius 1 is 1.40 bits per heavy atom. The lowest BCUT2D eigenvalue weighted by Gasteiger charge is -2.22. The monoisotopic (exact) mass is 231 g/mol. The van der Waals surface area contributed by atoms with Crippen LogP contribution in [0.5, 0.6) is 0 Å². The van der Waals surface area contributed by atoms with E-state index < -0.39 is 17.6 Å². The van der Waals surface area contributed by atoms with Gasteiger partial charge in [-0.25, -0.2) is 4.79 Å². The highest BCUT2D eigenvalue weighted by atomic mass is 35.5. The zero-order valence-electron chi connectivity index (χ0n) is 8.35. The van der Waals surface area contributed by atoms with Crippen molar-refractivity contribution in [3.05, 3.63) is 35.9 Å². The van der Waals surface area contributed by atoms with Crippen LogP contribution in [0.3, 0.4) is 0 Å². The van der Waals surface area contributed by atoms with E-state index in [0.717, 1.165) is 0 Å². The van der Waals surface area contributed by atoms with Gasteiger partial charge in [0.25, 0.3) is 0 Å². The first-order chi connectivity index (χ1) is 6.46. The summed E-state index contributed by atoms with van der Waals surface area (Å²) in [5.74, 6) is -1.26. The van der Waals surface area contributed by atoms with E-state index in [1.807, 2.05) is 6.07 Å². The number of benzene rings is 1. The van der Waals surface area contributed by atoms with Gasteiger partial charge in [-0.2, -0.15) is 0 Å². The Morgan fingerprint density at radius 3 is 2.27 bits per heavy atom. The van der Waals surface area contributed by atoms with E-state index in [2.05, 4.69) is 5.73 Å². The fraction of sp³-hybridized carbons (Fsp3) is 0.300. The average molecular weight is 232 g/mol. The topological polar surface area (TPSA) is 85.2 Å². The summed E-state index contributed by atoms with van der Waals surface area (Å²) in [4.78, 5) is 10.7. The lowest BCUT2D eigenvalue weighted by Crippen LogP contribution is -3.00. The molecule has 4 nitrogen and oxygen atoms in total. The number of carboxylic acids is 1. The number of quaternary nitrogens is 1. The molecular formula is C10H14ClNO3. The fourth-order valence-corrected chi connectivity index (χ4v) is 1.16. The molecule has 0 radical (unpaired) electrons. The summed E-state index contributed by atoms with van der Waals surface area (Å²) in [6.45, 7) is 1.25. The van der Waals surface area contributed by atoms with Gasteiger partial charge in [0.05, 0.1) is 0 Å². The quantitative estimate of drug-likeness (QED) is 0.513. The molecule has 84 valence electrons. The van der Waals surface area contributed by atoms with Gasteiger partial charge in [-0.05, 0) is 6.92 Å². The summed E-state index contributed by atoms with van der Waals surface area (Å²) in [5, 5.41) is 18.4. The van der Waals surface area contributed by atoms with Crippen LogP contribution in [0.15, 0.2) is 30.3 Å². The van der Waals surface area contributed by atoms with Gasteiger partial charge in [0.15, 0.2) is 0 Å². The molecule has 0 saturated heterocycles. The van der Waals surface area contributed by atoms with Crippen molar-refractivity contribution in [3.63, 3.8) is 0 Å². The highest BCUT2D eigenvalue weighted by Crippen LogP contribution is 2.21. The average Bonchev–Trinajstić information content (AvgIpc) is 2.17. The zero-order chi connectivity index (χ0) is 10.8. The largest absolute Gasteiger partial charge is 1.00 e. The number of aliphatic hydroxyl groups is 1. The van der Waals surface area contributed by atoms with Gasteiger partial charge in [-0.1, -0.05) is 30.3 Å². The molecule has 0 unspecified atom stereocenters. The normalized spacial score (nSPS) is 15.9. The van der Waals surface area contributed by atoms with E-state index in [-0.39, 0.29) is 12.4 Å². The molecule has 0 aliphatic carbocycles. The summed E-state index contributed by atoms with van der Waals surface area (Å²) < 4.78 is 0. The van der Waals surface area contributed by atoms with Gasteiger partial charge in [0.2, 0.25) is 5.60 Å². The summed E-state index contributed by atoms with van der Waals surface area (Å²) in [5.41, 5.74) is 2.55. The van der Waals surface area contributed by atoms with Crippen molar-refractivity contribution in [3.8, 4) is 0 Å². The van der Waals surface area contributed by atoms with E-state index in [1.54, 1.807) is 24.3 Å². The summed E-state index contributed by atoms with van der Waals surface area (Å²) in [6.07, 6.45) is 0. The Kier molecular flexibility index (Phi) is 4.74. The van der Waals surface area contributed by atoms with Gasteiger partial charge < -0.3 is 28.4 Å². The molecule has 0 aromatic heterocycles. The summed E-state index contributed by atoms with van der Waals surface area (Å²) in [6, 6.07) is 8.20. The van der Waals surface area contributed by atoms with E-state index >= 15 is 0 Å². The number of aliphatic carboxylic acids is 1. The second-order valence-electron chi connectivity index (χ2n) is 3.42. The lowest BCUT2D eigenvalue weighted by atomic mass is 9.91. The molecule has 15 heavy (non-hydrogen) atoms. The molecule has 2 atom stereocenters. The summed E-state index contributed by atoms with van der Waals surface area (Å²) in [7, 11) is 0. The highest BCUT2D eigenvalue weighted by molar-refractivity contribution is 5.77. The third-order valence-corrected chi connectivity index (χ3v) is 2.31. The first-order valence-corrected chi connectivity index (χ1v) is 4.30. The molecule has 0 spiro atoms.